The SMILES string of the molecule is CCCCCC(N)Cc1nc(C(C)(C)C)cs1. The third-order valence-electron chi connectivity index (χ3n) is 2.94. The highest BCUT2D eigenvalue weighted by Gasteiger charge is 2.18. The van der Waals surface area contributed by atoms with Crippen molar-refractivity contribution in [2.24, 2.45) is 5.73 Å². The molecule has 1 atom stereocenters. The Bertz CT molecular complexity index is 325. The Morgan fingerprint density at radius 3 is 2.59 bits per heavy atom. The Balaban J connectivity index is 2.43. The van der Waals surface area contributed by atoms with Gasteiger partial charge in [-0.2, -0.15) is 0 Å². The molecule has 1 unspecified atom stereocenters. The fourth-order valence-corrected chi connectivity index (χ4v) is 2.85. The molecule has 0 aliphatic rings. The zero-order valence-corrected chi connectivity index (χ0v) is 12.4. The molecule has 1 heterocycles. The van der Waals surface area contributed by atoms with E-state index in [2.05, 4.69) is 38.1 Å². The lowest BCUT2D eigenvalue weighted by Gasteiger charge is -2.14. The monoisotopic (exact) mass is 254 g/mol. The van der Waals surface area contributed by atoms with E-state index in [9.17, 15) is 0 Å². The van der Waals surface area contributed by atoms with E-state index >= 15 is 0 Å². The van der Waals surface area contributed by atoms with Crippen molar-refractivity contribution in [3.05, 3.63) is 16.1 Å². The molecule has 0 saturated heterocycles. The Morgan fingerprint density at radius 1 is 1.35 bits per heavy atom. The van der Waals surface area contributed by atoms with Crippen LogP contribution in [0.3, 0.4) is 0 Å². The minimum absolute atomic E-state index is 0.154. The van der Waals surface area contributed by atoms with Crippen molar-refractivity contribution in [2.45, 2.75) is 71.3 Å². The van der Waals surface area contributed by atoms with Crippen molar-refractivity contribution in [2.75, 3.05) is 0 Å². The van der Waals surface area contributed by atoms with Gasteiger partial charge in [0.1, 0.15) is 0 Å². The van der Waals surface area contributed by atoms with Crippen molar-refractivity contribution >= 4 is 11.3 Å². The number of hydrogen-bond donors (Lipinski definition) is 1. The second kappa shape index (κ2) is 6.50. The van der Waals surface area contributed by atoms with Crippen LogP contribution < -0.4 is 5.73 Å². The minimum Gasteiger partial charge on any atom is -0.327 e. The lowest BCUT2D eigenvalue weighted by atomic mass is 9.93. The highest BCUT2D eigenvalue weighted by Crippen LogP contribution is 2.24. The third-order valence-corrected chi connectivity index (χ3v) is 3.81. The molecule has 3 heteroatoms. The molecule has 2 N–H and O–H groups in total. The number of hydrogen-bond acceptors (Lipinski definition) is 3. The fourth-order valence-electron chi connectivity index (χ4n) is 1.73. The van der Waals surface area contributed by atoms with Crippen LogP contribution in [0.2, 0.25) is 0 Å². The highest BCUT2D eigenvalue weighted by molar-refractivity contribution is 7.09. The maximum atomic E-state index is 6.13. The second-order valence-corrected chi connectivity index (χ2v) is 6.78. The van der Waals surface area contributed by atoms with Gasteiger partial charge in [0.05, 0.1) is 10.7 Å². The summed E-state index contributed by atoms with van der Waals surface area (Å²) in [5.41, 5.74) is 7.48. The predicted molar refractivity (Wildman–Crippen MR) is 76.6 cm³/mol. The van der Waals surface area contributed by atoms with Crippen LogP contribution in [0.5, 0.6) is 0 Å². The topological polar surface area (TPSA) is 38.9 Å². The van der Waals surface area contributed by atoms with E-state index in [1.54, 1.807) is 11.3 Å². The molecule has 0 aliphatic heterocycles. The fraction of sp³-hybridized carbons (Fsp3) is 0.786. The molecule has 17 heavy (non-hydrogen) atoms. The van der Waals surface area contributed by atoms with Gasteiger partial charge in [-0.05, 0) is 6.42 Å². The summed E-state index contributed by atoms with van der Waals surface area (Å²) >= 11 is 1.75. The minimum atomic E-state index is 0.154. The Morgan fingerprint density at radius 2 is 2.06 bits per heavy atom. The lowest BCUT2D eigenvalue weighted by molar-refractivity contribution is 0.547. The van der Waals surface area contributed by atoms with Gasteiger partial charge in [0.15, 0.2) is 0 Å². The average molecular weight is 254 g/mol. The molecule has 0 radical (unpaired) electrons. The van der Waals surface area contributed by atoms with E-state index in [0.717, 1.165) is 12.8 Å². The van der Waals surface area contributed by atoms with Crippen LogP contribution in [-0.2, 0) is 11.8 Å². The zero-order valence-electron chi connectivity index (χ0n) is 11.6. The Kier molecular flexibility index (Phi) is 5.60. The molecule has 0 bridgehead atoms. The van der Waals surface area contributed by atoms with Crippen LogP contribution in [0.1, 0.15) is 64.1 Å². The van der Waals surface area contributed by atoms with Crippen molar-refractivity contribution in [3.8, 4) is 0 Å². The van der Waals surface area contributed by atoms with Crippen LogP contribution in [0.25, 0.3) is 0 Å². The maximum absolute atomic E-state index is 6.13. The molecule has 1 aromatic rings. The van der Waals surface area contributed by atoms with Crippen molar-refractivity contribution in [1.29, 1.82) is 0 Å². The van der Waals surface area contributed by atoms with Gasteiger partial charge in [-0.3, -0.25) is 0 Å². The normalized spacial score (nSPS) is 13.9. The second-order valence-electron chi connectivity index (χ2n) is 5.84. The van der Waals surface area contributed by atoms with Crippen LogP contribution in [0, 0.1) is 0 Å². The van der Waals surface area contributed by atoms with Gasteiger partial charge in [-0.1, -0.05) is 47.0 Å². The zero-order chi connectivity index (χ0) is 12.9. The largest absolute Gasteiger partial charge is 0.327 e. The molecule has 1 aromatic heterocycles. The summed E-state index contributed by atoms with van der Waals surface area (Å²) in [5.74, 6) is 0. The first kappa shape index (κ1) is 14.7. The Labute approximate surface area is 110 Å². The Hall–Kier alpha value is -0.410. The molecule has 1 rings (SSSR count). The molecule has 98 valence electrons. The lowest BCUT2D eigenvalue weighted by Crippen LogP contribution is -2.22. The standard InChI is InChI=1S/C14H26N2S/c1-5-6-7-8-11(15)9-13-16-12(10-17-13)14(2,3)4/h10-11H,5-9,15H2,1-4H3. The summed E-state index contributed by atoms with van der Waals surface area (Å²) < 4.78 is 0. The predicted octanol–water partition coefficient (Wildman–Crippen LogP) is 3.89. The summed E-state index contributed by atoms with van der Waals surface area (Å²) in [7, 11) is 0. The third kappa shape index (κ3) is 5.17. The molecule has 0 amide bonds. The first-order chi connectivity index (χ1) is 7.93. The van der Waals surface area contributed by atoms with Crippen LogP contribution >= 0.6 is 11.3 Å². The van der Waals surface area contributed by atoms with Crippen LogP contribution in [-0.4, -0.2) is 11.0 Å². The molecular weight excluding hydrogens is 228 g/mol. The van der Waals surface area contributed by atoms with Gasteiger partial charge >= 0.3 is 0 Å². The van der Waals surface area contributed by atoms with Gasteiger partial charge in [0.2, 0.25) is 0 Å². The molecule has 0 aliphatic carbocycles. The van der Waals surface area contributed by atoms with Gasteiger partial charge in [0, 0.05) is 23.3 Å². The number of aromatic nitrogens is 1. The summed E-state index contributed by atoms with van der Waals surface area (Å²) in [6.07, 6.45) is 5.86. The van der Waals surface area contributed by atoms with Gasteiger partial charge < -0.3 is 5.73 Å². The van der Waals surface area contributed by atoms with Gasteiger partial charge in [-0.15, -0.1) is 11.3 Å². The number of unbranched alkanes of at least 4 members (excludes halogenated alkanes) is 2. The van der Waals surface area contributed by atoms with Gasteiger partial charge in [-0.25, -0.2) is 4.98 Å². The molecular formula is C14H26N2S. The smallest absolute Gasteiger partial charge is 0.0943 e. The van der Waals surface area contributed by atoms with Crippen molar-refractivity contribution in [3.63, 3.8) is 0 Å². The van der Waals surface area contributed by atoms with Crippen molar-refractivity contribution < 1.29 is 0 Å². The van der Waals surface area contributed by atoms with Gasteiger partial charge in [0.25, 0.3) is 0 Å². The molecule has 0 saturated carbocycles. The number of rotatable bonds is 6. The number of nitrogens with zero attached hydrogens (tertiary/aromatic N) is 1. The van der Waals surface area contributed by atoms with Crippen LogP contribution in [0.4, 0.5) is 0 Å². The first-order valence-corrected chi connectivity index (χ1v) is 7.52. The van der Waals surface area contributed by atoms with Crippen molar-refractivity contribution in [1.82, 2.24) is 4.98 Å². The maximum Gasteiger partial charge on any atom is 0.0943 e. The molecule has 2 nitrogen and oxygen atoms in total. The van der Waals surface area contributed by atoms with Crippen LogP contribution in [0.15, 0.2) is 5.38 Å². The van der Waals surface area contributed by atoms with E-state index in [1.807, 2.05) is 0 Å². The van der Waals surface area contributed by atoms with E-state index in [1.165, 1.54) is 30.0 Å². The summed E-state index contributed by atoms with van der Waals surface area (Å²) in [4.78, 5) is 4.69. The molecule has 0 spiro atoms. The van der Waals surface area contributed by atoms with E-state index in [0.29, 0.717) is 0 Å². The summed E-state index contributed by atoms with van der Waals surface area (Å²) in [5, 5.41) is 3.37. The number of thiazole rings is 1. The van der Waals surface area contributed by atoms with E-state index < -0.39 is 0 Å². The first-order valence-electron chi connectivity index (χ1n) is 6.64. The van der Waals surface area contributed by atoms with E-state index in [-0.39, 0.29) is 11.5 Å². The summed E-state index contributed by atoms with van der Waals surface area (Å²) in [6, 6.07) is 0.278. The highest BCUT2D eigenvalue weighted by atomic mass is 32.1. The quantitative estimate of drug-likeness (QED) is 0.782. The number of nitrogens with two attached hydrogens (primary N) is 1. The average Bonchev–Trinajstić information content (AvgIpc) is 2.66. The summed E-state index contributed by atoms with van der Waals surface area (Å²) in [6.45, 7) is 8.83. The molecule has 0 aromatic carbocycles. The van der Waals surface area contributed by atoms with E-state index in [4.69, 9.17) is 5.73 Å². The molecule has 0 fully saturated rings.